The molecule has 3 rings (SSSR count). The first-order valence-electron chi connectivity index (χ1n) is 8.88. The number of H-pyrrole nitrogens is 1. The Morgan fingerprint density at radius 3 is 2.81 bits per heavy atom. The van der Waals surface area contributed by atoms with Crippen molar-refractivity contribution in [1.82, 2.24) is 14.5 Å². The third-order valence-electron chi connectivity index (χ3n) is 4.52. The Balaban J connectivity index is 1.92. The molecule has 27 heavy (non-hydrogen) atoms. The molecule has 9 nitrogen and oxygen atoms in total. The first-order valence-corrected chi connectivity index (χ1v) is 9.70. The van der Waals surface area contributed by atoms with Crippen molar-refractivity contribution in [3.05, 3.63) is 25.8 Å². The van der Waals surface area contributed by atoms with Gasteiger partial charge in [0.15, 0.2) is 11.9 Å². The van der Waals surface area contributed by atoms with E-state index in [-0.39, 0.29) is 28.7 Å². The Morgan fingerprint density at radius 1 is 1.48 bits per heavy atom. The highest BCUT2D eigenvalue weighted by Gasteiger charge is 2.42. The number of aryl methyl sites for hydroxylation is 1. The molecular weight excluding hydrogens is 374 g/mol. The van der Waals surface area contributed by atoms with E-state index in [1.807, 2.05) is 6.92 Å². The zero-order valence-electron chi connectivity index (χ0n) is 15.6. The quantitative estimate of drug-likeness (QED) is 0.724. The first-order chi connectivity index (χ1) is 12.7. The van der Waals surface area contributed by atoms with Crippen molar-refractivity contribution in [2.24, 2.45) is 5.92 Å². The number of aliphatic hydroxyl groups is 1. The van der Waals surface area contributed by atoms with Gasteiger partial charge in [-0.2, -0.15) is 0 Å². The van der Waals surface area contributed by atoms with Gasteiger partial charge in [-0.05, 0) is 13.3 Å². The van der Waals surface area contributed by atoms with Gasteiger partial charge in [-0.25, -0.2) is 4.98 Å². The van der Waals surface area contributed by atoms with E-state index in [1.165, 1.54) is 4.57 Å². The van der Waals surface area contributed by atoms with E-state index in [0.717, 1.165) is 11.3 Å². The number of fused-ring (bicyclic) bond motifs is 1. The Kier molecular flexibility index (Phi) is 5.50. The molecule has 2 N–H and O–H groups in total. The number of esters is 1. The number of aromatic nitrogens is 3. The maximum Gasteiger partial charge on any atom is 0.311 e. The number of carbonyl (C=O) groups is 1. The van der Waals surface area contributed by atoms with Crippen LogP contribution in [0.5, 0.6) is 0 Å². The number of nitrogens with one attached hydrogen (secondary N) is 1. The third kappa shape index (κ3) is 3.69. The van der Waals surface area contributed by atoms with Gasteiger partial charge in [-0.1, -0.05) is 32.1 Å². The van der Waals surface area contributed by atoms with Crippen LogP contribution in [0.15, 0.2) is 9.59 Å². The van der Waals surface area contributed by atoms with E-state index in [2.05, 4.69) is 9.97 Å². The smallest absolute Gasteiger partial charge is 0.311 e. The lowest BCUT2D eigenvalue weighted by Crippen LogP contribution is -2.32. The van der Waals surface area contributed by atoms with Crippen LogP contribution in [0.2, 0.25) is 0 Å². The number of aliphatic hydroxyl groups excluding tert-OH is 1. The van der Waals surface area contributed by atoms with Crippen molar-refractivity contribution in [2.75, 3.05) is 0 Å². The predicted octanol–water partition coefficient (Wildman–Crippen LogP) is 1.08. The molecule has 0 amide bonds. The third-order valence-corrected chi connectivity index (χ3v) is 5.46. The minimum atomic E-state index is -0.989. The summed E-state index contributed by atoms with van der Waals surface area (Å²) in [5.41, 5.74) is -0.220. The molecule has 0 radical (unpaired) electrons. The van der Waals surface area contributed by atoms with Crippen LogP contribution in [0.4, 0.5) is 0 Å². The van der Waals surface area contributed by atoms with Gasteiger partial charge in [-0.15, -0.1) is 0 Å². The van der Waals surface area contributed by atoms with E-state index in [9.17, 15) is 19.5 Å². The largest absolute Gasteiger partial charge is 0.459 e. The topological polar surface area (TPSA) is 124 Å². The minimum Gasteiger partial charge on any atom is -0.459 e. The second-order valence-electron chi connectivity index (χ2n) is 6.95. The molecule has 4 atom stereocenters. The summed E-state index contributed by atoms with van der Waals surface area (Å²) in [6.07, 6.45) is -2.34. The molecule has 1 saturated heterocycles. The second kappa shape index (κ2) is 7.53. The van der Waals surface area contributed by atoms with Crippen LogP contribution in [-0.4, -0.2) is 43.9 Å². The minimum absolute atomic E-state index is 0.183. The van der Waals surface area contributed by atoms with Crippen molar-refractivity contribution in [3.8, 4) is 0 Å². The lowest BCUT2D eigenvalue weighted by atomic mass is 10.1. The number of aromatic amines is 1. The number of hydrogen-bond acceptors (Lipinski definition) is 8. The molecule has 0 aromatic carbocycles. The Bertz CT molecular complexity index is 962. The van der Waals surface area contributed by atoms with Gasteiger partial charge < -0.3 is 19.6 Å². The Morgan fingerprint density at radius 2 is 2.19 bits per heavy atom. The van der Waals surface area contributed by atoms with Crippen molar-refractivity contribution in [1.29, 1.82) is 0 Å². The van der Waals surface area contributed by atoms with Gasteiger partial charge in [0, 0.05) is 6.42 Å². The average molecular weight is 397 g/mol. The van der Waals surface area contributed by atoms with Crippen LogP contribution in [0.1, 0.15) is 45.7 Å². The van der Waals surface area contributed by atoms with Crippen LogP contribution < -0.4 is 10.4 Å². The van der Waals surface area contributed by atoms with Crippen LogP contribution in [0.3, 0.4) is 0 Å². The molecular formula is C17H23N3O6S. The normalized spacial score (nSPS) is 23.9. The average Bonchev–Trinajstić information content (AvgIpc) is 3.11. The van der Waals surface area contributed by atoms with Gasteiger partial charge in [0.1, 0.15) is 22.7 Å². The first kappa shape index (κ1) is 19.7. The maximum atomic E-state index is 12.5. The van der Waals surface area contributed by atoms with E-state index in [1.54, 1.807) is 20.8 Å². The molecule has 0 spiro atoms. The van der Waals surface area contributed by atoms with Gasteiger partial charge in [0.25, 0.3) is 5.56 Å². The Hall–Kier alpha value is -2.04. The van der Waals surface area contributed by atoms with Crippen LogP contribution in [0, 0.1) is 12.8 Å². The van der Waals surface area contributed by atoms with Gasteiger partial charge >= 0.3 is 10.8 Å². The second-order valence-corrected chi connectivity index (χ2v) is 7.91. The van der Waals surface area contributed by atoms with Crippen molar-refractivity contribution >= 4 is 27.7 Å². The number of thiazole rings is 1. The predicted molar refractivity (Wildman–Crippen MR) is 98.8 cm³/mol. The summed E-state index contributed by atoms with van der Waals surface area (Å²) in [4.78, 5) is 42.8. The van der Waals surface area contributed by atoms with Crippen LogP contribution in [-0.2, 0) is 14.3 Å². The van der Waals surface area contributed by atoms with E-state index in [4.69, 9.17) is 9.47 Å². The molecule has 0 bridgehead atoms. The summed E-state index contributed by atoms with van der Waals surface area (Å²) in [6.45, 7) is 6.95. The van der Waals surface area contributed by atoms with Crippen molar-refractivity contribution in [2.45, 2.75) is 65.1 Å². The molecule has 10 heteroatoms. The van der Waals surface area contributed by atoms with Crippen LogP contribution >= 0.6 is 11.3 Å². The molecule has 0 unspecified atom stereocenters. The fourth-order valence-electron chi connectivity index (χ4n) is 3.12. The molecule has 3 heterocycles. The molecule has 0 aliphatic carbocycles. The molecule has 148 valence electrons. The highest BCUT2D eigenvalue weighted by molar-refractivity contribution is 7.16. The number of carbonyl (C=O) groups excluding carboxylic acids is 1. The lowest BCUT2D eigenvalue weighted by molar-refractivity contribution is -0.163. The fourth-order valence-corrected chi connectivity index (χ4v) is 3.96. The number of hydrogen-bond donors (Lipinski definition) is 2. The van der Waals surface area contributed by atoms with Gasteiger partial charge in [-0.3, -0.25) is 19.0 Å². The number of rotatable bonds is 5. The zero-order valence-corrected chi connectivity index (χ0v) is 16.4. The SMILES string of the molecule is CC[C@H](OC(=O)C(C)C)[C@@H]1C[C@@H](O)[C@H](n2c(=O)sc3c(=O)[nH]c(C)nc32)O1. The summed E-state index contributed by atoms with van der Waals surface area (Å²) in [6, 6.07) is 0. The molecule has 2 aromatic rings. The number of ether oxygens (including phenoxy) is 2. The summed E-state index contributed by atoms with van der Waals surface area (Å²) in [7, 11) is 0. The van der Waals surface area contributed by atoms with Gasteiger partial charge in [0.2, 0.25) is 0 Å². The maximum absolute atomic E-state index is 12.5. The van der Waals surface area contributed by atoms with Crippen molar-refractivity contribution < 1.29 is 19.4 Å². The summed E-state index contributed by atoms with van der Waals surface area (Å²) >= 11 is 0.758. The van der Waals surface area contributed by atoms with E-state index < -0.39 is 35.0 Å². The lowest BCUT2D eigenvalue weighted by Gasteiger charge is -2.23. The number of nitrogens with zero attached hydrogens (tertiary/aromatic N) is 2. The fraction of sp³-hybridized carbons (Fsp3) is 0.647. The monoisotopic (exact) mass is 397 g/mol. The highest BCUT2D eigenvalue weighted by atomic mass is 32.1. The van der Waals surface area contributed by atoms with E-state index >= 15 is 0 Å². The summed E-state index contributed by atoms with van der Waals surface area (Å²) in [5, 5.41) is 10.5. The van der Waals surface area contributed by atoms with Gasteiger partial charge in [0.05, 0.1) is 12.0 Å². The molecule has 1 fully saturated rings. The molecule has 2 aromatic heterocycles. The molecule has 1 aliphatic heterocycles. The molecule has 1 aliphatic rings. The van der Waals surface area contributed by atoms with Crippen molar-refractivity contribution in [3.63, 3.8) is 0 Å². The summed E-state index contributed by atoms with van der Waals surface area (Å²) in [5.74, 6) is -0.255. The standard InChI is InChI=1S/C17H23N3O6S/c1-5-10(26-16(23)7(2)3)11-6-9(21)15(25-11)20-13-12(27-17(20)24)14(22)19-8(4)18-13/h7,9-11,15,21H,5-6H2,1-4H3,(H,18,19,22)/t9-,10+,11+,15-/m1/s1. The Labute approximate surface area is 159 Å². The highest BCUT2D eigenvalue weighted by Crippen LogP contribution is 2.33. The summed E-state index contributed by atoms with van der Waals surface area (Å²) < 4.78 is 12.8. The van der Waals surface area contributed by atoms with E-state index in [0.29, 0.717) is 12.2 Å². The van der Waals surface area contributed by atoms with Crippen LogP contribution in [0.25, 0.3) is 10.3 Å². The zero-order chi connectivity index (χ0) is 19.9. The molecule has 0 saturated carbocycles.